The molecular weight excluding hydrogens is 260 g/mol. The normalized spacial score (nSPS) is 10.3. The van der Waals surface area contributed by atoms with E-state index < -0.39 is 0 Å². The van der Waals surface area contributed by atoms with Crippen molar-refractivity contribution in [1.82, 2.24) is 9.97 Å². The summed E-state index contributed by atoms with van der Waals surface area (Å²) in [7, 11) is 0. The van der Waals surface area contributed by atoms with Crippen molar-refractivity contribution in [2.75, 3.05) is 5.32 Å². The third-order valence-electron chi connectivity index (χ3n) is 2.62. The van der Waals surface area contributed by atoms with E-state index in [9.17, 15) is 0 Å². The molecule has 2 aromatic rings. The van der Waals surface area contributed by atoms with Crippen molar-refractivity contribution in [3.05, 3.63) is 52.7 Å². The summed E-state index contributed by atoms with van der Waals surface area (Å²) in [5, 5.41) is 3.63. The van der Waals surface area contributed by atoms with Gasteiger partial charge in [0, 0.05) is 11.8 Å². The zero-order valence-electron chi connectivity index (χ0n) is 10.7. The van der Waals surface area contributed by atoms with Gasteiger partial charge in [0.15, 0.2) is 5.69 Å². The third-order valence-corrected chi connectivity index (χ3v) is 2.94. The number of aromatic nitrogens is 2. The Kier molecular flexibility index (Phi) is 3.98. The second-order valence-corrected chi connectivity index (χ2v) is 4.79. The summed E-state index contributed by atoms with van der Waals surface area (Å²) in [4.78, 5) is 11.7. The highest BCUT2D eigenvalue weighted by atomic mass is 35.5. The van der Waals surface area contributed by atoms with E-state index in [4.69, 9.17) is 18.2 Å². The van der Waals surface area contributed by atoms with Crippen LogP contribution in [0.2, 0.25) is 5.02 Å². The van der Waals surface area contributed by atoms with Crippen LogP contribution in [-0.4, -0.2) is 9.97 Å². The SMILES string of the molecule is [C-]#[N+]c1ccc(Nc2cc(C(C)C)ncn2)c(Cl)c1. The summed E-state index contributed by atoms with van der Waals surface area (Å²) in [6.45, 7) is 11.1. The van der Waals surface area contributed by atoms with Crippen LogP contribution in [0.5, 0.6) is 0 Å². The molecule has 0 radical (unpaired) electrons. The second kappa shape index (κ2) is 5.68. The number of hydrogen-bond acceptors (Lipinski definition) is 3. The number of hydrogen-bond donors (Lipinski definition) is 1. The third kappa shape index (κ3) is 3.21. The zero-order chi connectivity index (χ0) is 13.8. The number of anilines is 2. The Labute approximate surface area is 117 Å². The van der Waals surface area contributed by atoms with Gasteiger partial charge in [-0.25, -0.2) is 14.8 Å². The number of rotatable bonds is 3. The Bertz CT molecular complexity index is 632. The minimum Gasteiger partial charge on any atom is -0.339 e. The summed E-state index contributed by atoms with van der Waals surface area (Å²) in [6.07, 6.45) is 1.53. The van der Waals surface area contributed by atoms with Crippen LogP contribution in [0.1, 0.15) is 25.5 Å². The van der Waals surface area contributed by atoms with Crippen LogP contribution in [-0.2, 0) is 0 Å². The molecule has 0 unspecified atom stereocenters. The quantitative estimate of drug-likeness (QED) is 0.834. The lowest BCUT2D eigenvalue weighted by Crippen LogP contribution is -1.99. The van der Waals surface area contributed by atoms with Gasteiger partial charge in [-0.2, -0.15) is 0 Å². The number of nitrogens with zero attached hydrogens (tertiary/aromatic N) is 3. The van der Waals surface area contributed by atoms with E-state index in [-0.39, 0.29) is 0 Å². The molecule has 0 aliphatic carbocycles. The molecule has 0 saturated carbocycles. The van der Waals surface area contributed by atoms with Crippen molar-refractivity contribution in [2.24, 2.45) is 0 Å². The smallest absolute Gasteiger partial charge is 0.188 e. The van der Waals surface area contributed by atoms with Gasteiger partial charge in [-0.3, -0.25) is 0 Å². The van der Waals surface area contributed by atoms with Crippen LogP contribution in [0.15, 0.2) is 30.6 Å². The molecule has 96 valence electrons. The van der Waals surface area contributed by atoms with E-state index in [1.165, 1.54) is 6.33 Å². The van der Waals surface area contributed by atoms with Gasteiger partial charge in [0.2, 0.25) is 0 Å². The van der Waals surface area contributed by atoms with E-state index in [0.29, 0.717) is 22.4 Å². The molecule has 1 heterocycles. The minimum absolute atomic E-state index is 0.337. The van der Waals surface area contributed by atoms with E-state index >= 15 is 0 Å². The molecule has 0 amide bonds. The first-order valence-electron chi connectivity index (χ1n) is 5.86. The van der Waals surface area contributed by atoms with Crippen LogP contribution in [0.4, 0.5) is 17.2 Å². The van der Waals surface area contributed by atoms with Gasteiger partial charge in [-0.1, -0.05) is 31.5 Å². The van der Waals surface area contributed by atoms with Gasteiger partial charge in [-0.15, -0.1) is 0 Å². The monoisotopic (exact) mass is 272 g/mol. The predicted octanol–water partition coefficient (Wildman–Crippen LogP) is 4.55. The molecule has 19 heavy (non-hydrogen) atoms. The van der Waals surface area contributed by atoms with Crippen molar-refractivity contribution in [3.8, 4) is 0 Å². The summed E-state index contributed by atoms with van der Waals surface area (Å²) in [5.74, 6) is 1.03. The number of halogens is 1. The molecule has 1 N–H and O–H groups in total. The standard InChI is InChI=1S/C14H13ClN4/c1-9(2)13-7-14(18-8-17-13)19-12-5-4-10(16-3)6-11(12)15/h4-9H,1-2H3,(H,17,18,19). The molecule has 0 atom stereocenters. The second-order valence-electron chi connectivity index (χ2n) is 4.38. The fourth-order valence-corrected chi connectivity index (χ4v) is 1.79. The van der Waals surface area contributed by atoms with E-state index in [2.05, 4.69) is 34.0 Å². The Hall–Kier alpha value is -2.12. The zero-order valence-corrected chi connectivity index (χ0v) is 11.4. The van der Waals surface area contributed by atoms with Gasteiger partial charge in [0.1, 0.15) is 12.1 Å². The van der Waals surface area contributed by atoms with Crippen LogP contribution >= 0.6 is 11.6 Å². The molecular formula is C14H13ClN4. The van der Waals surface area contributed by atoms with Gasteiger partial charge in [0.05, 0.1) is 17.3 Å². The fraction of sp³-hybridized carbons (Fsp3) is 0.214. The maximum absolute atomic E-state index is 6.93. The summed E-state index contributed by atoms with van der Waals surface area (Å²) in [5.41, 5.74) is 2.20. The minimum atomic E-state index is 0.337. The molecule has 4 nitrogen and oxygen atoms in total. The Balaban J connectivity index is 2.26. The van der Waals surface area contributed by atoms with Crippen molar-refractivity contribution < 1.29 is 0 Å². The molecule has 1 aromatic carbocycles. The fourth-order valence-electron chi connectivity index (χ4n) is 1.57. The first kappa shape index (κ1) is 13.3. The maximum atomic E-state index is 6.93. The van der Waals surface area contributed by atoms with Crippen molar-refractivity contribution >= 4 is 28.8 Å². The first-order chi connectivity index (χ1) is 9.10. The molecule has 0 aliphatic heterocycles. The van der Waals surface area contributed by atoms with E-state index in [1.54, 1.807) is 18.2 Å². The van der Waals surface area contributed by atoms with E-state index in [1.807, 2.05) is 6.07 Å². The highest BCUT2D eigenvalue weighted by Crippen LogP contribution is 2.29. The molecule has 0 saturated heterocycles. The highest BCUT2D eigenvalue weighted by Gasteiger charge is 2.06. The first-order valence-corrected chi connectivity index (χ1v) is 6.24. The lowest BCUT2D eigenvalue weighted by atomic mass is 10.1. The van der Waals surface area contributed by atoms with Crippen molar-refractivity contribution in [3.63, 3.8) is 0 Å². The van der Waals surface area contributed by atoms with Crippen LogP contribution in [0, 0.1) is 6.57 Å². The van der Waals surface area contributed by atoms with Gasteiger partial charge in [0.25, 0.3) is 0 Å². The summed E-state index contributed by atoms with van der Waals surface area (Å²) >= 11 is 6.11. The topological polar surface area (TPSA) is 42.2 Å². The van der Waals surface area contributed by atoms with Gasteiger partial charge < -0.3 is 5.32 Å². The molecule has 5 heteroatoms. The van der Waals surface area contributed by atoms with Crippen LogP contribution in [0.25, 0.3) is 4.85 Å². The summed E-state index contributed by atoms with van der Waals surface area (Å²) in [6, 6.07) is 7.00. The van der Waals surface area contributed by atoms with Crippen LogP contribution in [0.3, 0.4) is 0 Å². The molecule has 0 spiro atoms. The number of benzene rings is 1. The van der Waals surface area contributed by atoms with Crippen LogP contribution < -0.4 is 5.32 Å². The Morgan fingerprint density at radius 3 is 2.68 bits per heavy atom. The average molecular weight is 273 g/mol. The highest BCUT2D eigenvalue weighted by molar-refractivity contribution is 6.33. The van der Waals surface area contributed by atoms with Crippen molar-refractivity contribution in [1.29, 1.82) is 0 Å². The Morgan fingerprint density at radius 2 is 2.05 bits per heavy atom. The van der Waals surface area contributed by atoms with E-state index in [0.717, 1.165) is 11.4 Å². The van der Waals surface area contributed by atoms with Gasteiger partial charge in [-0.05, 0) is 18.1 Å². The summed E-state index contributed by atoms with van der Waals surface area (Å²) < 4.78 is 0. The number of nitrogens with one attached hydrogen (secondary N) is 1. The lowest BCUT2D eigenvalue weighted by Gasteiger charge is -2.10. The van der Waals surface area contributed by atoms with Crippen molar-refractivity contribution in [2.45, 2.75) is 19.8 Å². The van der Waals surface area contributed by atoms with Gasteiger partial charge >= 0.3 is 0 Å². The molecule has 2 rings (SSSR count). The molecule has 1 aromatic heterocycles. The predicted molar refractivity (Wildman–Crippen MR) is 77.1 cm³/mol. The molecule has 0 aliphatic rings. The largest absolute Gasteiger partial charge is 0.339 e. The maximum Gasteiger partial charge on any atom is 0.188 e. The Morgan fingerprint density at radius 1 is 1.26 bits per heavy atom. The molecule has 0 fully saturated rings. The average Bonchev–Trinajstić information content (AvgIpc) is 2.41. The molecule has 0 bridgehead atoms. The lowest BCUT2D eigenvalue weighted by molar-refractivity contribution is 0.815.